The molecular formula is C25H19ClF4N2O4. The van der Waals surface area contributed by atoms with E-state index in [4.69, 9.17) is 21.1 Å². The highest BCUT2D eigenvalue weighted by atomic mass is 35.5. The quantitative estimate of drug-likeness (QED) is 0.403. The van der Waals surface area contributed by atoms with Crippen LogP contribution < -0.4 is 20.7 Å². The van der Waals surface area contributed by atoms with Crippen molar-refractivity contribution in [3.63, 3.8) is 0 Å². The molecule has 1 atom stereocenters. The van der Waals surface area contributed by atoms with Gasteiger partial charge in [-0.2, -0.15) is 13.2 Å². The Kier molecular flexibility index (Phi) is 7.07. The van der Waals surface area contributed by atoms with Gasteiger partial charge in [-0.15, -0.1) is 0 Å². The fourth-order valence-corrected chi connectivity index (χ4v) is 3.92. The summed E-state index contributed by atoms with van der Waals surface area (Å²) in [7, 11) is 0.853. The molecule has 1 unspecified atom stereocenters. The number of para-hydroxylation sites is 2. The number of aromatic nitrogens is 2. The minimum absolute atomic E-state index is 0.00711. The van der Waals surface area contributed by atoms with Gasteiger partial charge in [0, 0.05) is 19.5 Å². The van der Waals surface area contributed by atoms with E-state index in [2.05, 4.69) is 0 Å². The molecule has 0 bridgehead atoms. The van der Waals surface area contributed by atoms with Gasteiger partial charge in [-0.25, -0.2) is 13.8 Å². The van der Waals surface area contributed by atoms with E-state index in [-0.39, 0.29) is 33.8 Å². The average Bonchev–Trinajstić information content (AvgIpc) is 2.83. The van der Waals surface area contributed by atoms with Crippen molar-refractivity contribution in [1.82, 2.24) is 9.13 Å². The van der Waals surface area contributed by atoms with Gasteiger partial charge >= 0.3 is 11.9 Å². The number of alkyl halides is 3. The minimum Gasteiger partial charge on any atom is -0.485 e. The Labute approximate surface area is 207 Å². The number of ether oxygens (including phenoxy) is 2. The lowest BCUT2D eigenvalue weighted by Crippen LogP contribution is -2.44. The summed E-state index contributed by atoms with van der Waals surface area (Å²) in [5.41, 5.74) is -3.16. The first kappa shape index (κ1) is 25.3. The minimum atomic E-state index is -4.94. The zero-order valence-corrected chi connectivity index (χ0v) is 19.5. The van der Waals surface area contributed by atoms with Crippen molar-refractivity contribution >= 4 is 11.6 Å². The molecule has 0 amide bonds. The van der Waals surface area contributed by atoms with Crippen LogP contribution in [0.25, 0.3) is 0 Å². The molecule has 36 heavy (non-hydrogen) atoms. The molecule has 4 rings (SSSR count). The third kappa shape index (κ3) is 5.23. The zero-order valence-electron chi connectivity index (χ0n) is 18.8. The molecule has 2 aromatic carbocycles. The van der Waals surface area contributed by atoms with Crippen LogP contribution in [0.5, 0.6) is 11.5 Å². The Balaban J connectivity index is 1.63. The van der Waals surface area contributed by atoms with Crippen LogP contribution in [-0.2, 0) is 19.8 Å². The lowest BCUT2D eigenvalue weighted by atomic mass is 10.1. The van der Waals surface area contributed by atoms with Gasteiger partial charge in [-0.3, -0.25) is 9.36 Å². The smallest absolute Gasteiger partial charge is 0.431 e. The first-order valence-corrected chi connectivity index (χ1v) is 11.0. The van der Waals surface area contributed by atoms with E-state index in [1.807, 2.05) is 30.3 Å². The summed E-state index contributed by atoms with van der Waals surface area (Å²) < 4.78 is 66.7. The highest BCUT2D eigenvalue weighted by Gasteiger charge is 2.37. The Bertz CT molecular complexity index is 1460. The van der Waals surface area contributed by atoms with E-state index < -0.39 is 41.4 Å². The topological polar surface area (TPSA) is 62.5 Å². The normalized spacial score (nSPS) is 16.1. The average molecular weight is 523 g/mol. The summed E-state index contributed by atoms with van der Waals surface area (Å²) >= 11 is 6.18. The van der Waals surface area contributed by atoms with Gasteiger partial charge in [-0.1, -0.05) is 54.1 Å². The predicted molar refractivity (Wildman–Crippen MR) is 125 cm³/mol. The maximum absolute atomic E-state index is 14.8. The molecule has 0 fully saturated rings. The summed E-state index contributed by atoms with van der Waals surface area (Å²) in [6.07, 6.45) is -4.47. The highest BCUT2D eigenvalue weighted by Crippen LogP contribution is 2.38. The summed E-state index contributed by atoms with van der Waals surface area (Å²) in [4.78, 5) is 25.1. The van der Waals surface area contributed by atoms with Crippen LogP contribution in [0, 0.1) is 0 Å². The van der Waals surface area contributed by atoms with Crippen LogP contribution in [0.15, 0.2) is 92.9 Å². The standard InChI is InChI=1S/C25H19ClF4N2O4/c1-31-22(25(28,29)30)13-23(33)32(24(31)34)18-12-21(16(26)11-17(18)27)36-20-10-6-5-9-19(20)35-14-15-7-3-2-4-8-15/h2-11,13,18H,12,14H2,1H3. The maximum Gasteiger partial charge on any atom is 0.431 e. The Morgan fingerprint density at radius 2 is 1.67 bits per heavy atom. The Morgan fingerprint density at radius 3 is 2.33 bits per heavy atom. The molecule has 0 saturated heterocycles. The molecule has 1 aromatic heterocycles. The van der Waals surface area contributed by atoms with Crippen molar-refractivity contribution in [2.75, 3.05) is 0 Å². The van der Waals surface area contributed by atoms with Crippen LogP contribution in [0.4, 0.5) is 17.6 Å². The van der Waals surface area contributed by atoms with Gasteiger partial charge in [0.25, 0.3) is 5.56 Å². The molecule has 188 valence electrons. The van der Waals surface area contributed by atoms with Gasteiger partial charge < -0.3 is 9.47 Å². The Morgan fingerprint density at radius 1 is 1.03 bits per heavy atom. The lowest BCUT2D eigenvalue weighted by Gasteiger charge is -2.25. The predicted octanol–water partition coefficient (Wildman–Crippen LogP) is 5.47. The molecule has 0 spiro atoms. The number of hydrogen-bond donors (Lipinski definition) is 0. The van der Waals surface area contributed by atoms with E-state index in [0.29, 0.717) is 10.3 Å². The molecule has 3 aromatic rings. The van der Waals surface area contributed by atoms with Crippen LogP contribution in [0.2, 0.25) is 0 Å². The molecular weight excluding hydrogens is 504 g/mol. The monoisotopic (exact) mass is 522 g/mol. The van der Waals surface area contributed by atoms with Crippen molar-refractivity contribution in [1.29, 1.82) is 0 Å². The van der Waals surface area contributed by atoms with Crippen molar-refractivity contribution in [3.8, 4) is 11.5 Å². The SMILES string of the molecule is Cn1c(C(F)(F)F)cc(=O)n(C2CC(Oc3ccccc3OCc3ccccc3)=C(Cl)C=C2F)c1=O. The van der Waals surface area contributed by atoms with E-state index in [1.165, 1.54) is 0 Å². The molecule has 1 heterocycles. The molecule has 0 N–H and O–H groups in total. The number of halogens is 5. The van der Waals surface area contributed by atoms with E-state index in [0.717, 1.165) is 18.7 Å². The first-order chi connectivity index (χ1) is 17.1. The lowest BCUT2D eigenvalue weighted by molar-refractivity contribution is -0.144. The third-order valence-electron chi connectivity index (χ3n) is 5.50. The van der Waals surface area contributed by atoms with Crippen LogP contribution in [-0.4, -0.2) is 9.13 Å². The summed E-state index contributed by atoms with van der Waals surface area (Å²) in [6, 6.07) is 14.7. The fraction of sp³-hybridized carbons (Fsp3) is 0.200. The molecule has 1 aliphatic carbocycles. The second kappa shape index (κ2) is 10.1. The maximum atomic E-state index is 14.8. The summed E-state index contributed by atoms with van der Waals surface area (Å²) in [6.45, 7) is 0.238. The number of benzene rings is 2. The highest BCUT2D eigenvalue weighted by molar-refractivity contribution is 6.31. The molecule has 0 saturated carbocycles. The van der Waals surface area contributed by atoms with E-state index in [9.17, 15) is 27.2 Å². The second-order valence-electron chi connectivity index (χ2n) is 7.92. The van der Waals surface area contributed by atoms with Crippen molar-refractivity contribution < 1.29 is 27.0 Å². The third-order valence-corrected chi connectivity index (χ3v) is 5.82. The van der Waals surface area contributed by atoms with Crippen LogP contribution >= 0.6 is 11.6 Å². The van der Waals surface area contributed by atoms with Crippen molar-refractivity contribution in [2.45, 2.75) is 25.2 Å². The molecule has 1 aliphatic rings. The number of nitrogens with zero attached hydrogens (tertiary/aromatic N) is 2. The van der Waals surface area contributed by atoms with E-state index >= 15 is 0 Å². The fourth-order valence-electron chi connectivity index (χ4n) is 3.70. The first-order valence-electron chi connectivity index (χ1n) is 10.7. The number of rotatable bonds is 6. The van der Waals surface area contributed by atoms with Gasteiger partial charge in [0.05, 0.1) is 5.03 Å². The van der Waals surface area contributed by atoms with Crippen LogP contribution in [0.3, 0.4) is 0 Å². The zero-order chi connectivity index (χ0) is 26.0. The van der Waals surface area contributed by atoms with Gasteiger partial charge in [0.2, 0.25) is 0 Å². The van der Waals surface area contributed by atoms with Gasteiger partial charge in [-0.05, 0) is 23.8 Å². The second-order valence-corrected chi connectivity index (χ2v) is 8.33. The summed E-state index contributed by atoms with van der Waals surface area (Å²) in [5, 5.41) is -0.126. The Hall–Kier alpha value is -3.79. The van der Waals surface area contributed by atoms with Crippen molar-refractivity contribution in [3.05, 3.63) is 115 Å². The van der Waals surface area contributed by atoms with Gasteiger partial charge in [0.15, 0.2) is 11.5 Å². The molecule has 6 nitrogen and oxygen atoms in total. The van der Waals surface area contributed by atoms with Gasteiger partial charge in [0.1, 0.15) is 29.9 Å². The molecule has 11 heteroatoms. The van der Waals surface area contributed by atoms with Crippen LogP contribution in [0.1, 0.15) is 23.7 Å². The molecule has 0 radical (unpaired) electrons. The summed E-state index contributed by atoms with van der Waals surface area (Å²) in [5.74, 6) is -0.371. The van der Waals surface area contributed by atoms with E-state index in [1.54, 1.807) is 24.3 Å². The largest absolute Gasteiger partial charge is 0.485 e. The number of hydrogen-bond acceptors (Lipinski definition) is 4. The van der Waals surface area contributed by atoms with Crippen molar-refractivity contribution in [2.24, 2.45) is 7.05 Å². The number of allylic oxidation sites excluding steroid dienone is 4. The molecule has 0 aliphatic heterocycles.